The number of thiophene rings is 1. The molecule has 2 amide bonds. The number of amides is 2. The van der Waals surface area contributed by atoms with Gasteiger partial charge in [0.15, 0.2) is 6.61 Å². The van der Waals surface area contributed by atoms with Crippen LogP contribution in [0.15, 0.2) is 60.0 Å². The highest BCUT2D eigenvalue weighted by Gasteiger charge is 2.08. The fourth-order valence-electron chi connectivity index (χ4n) is 2.29. The Morgan fingerprint density at radius 2 is 1.74 bits per heavy atom. The van der Waals surface area contributed by atoms with Crippen LogP contribution in [0.4, 0.5) is 11.4 Å². The number of ether oxygens (including phenoxy) is 1. The van der Waals surface area contributed by atoms with Gasteiger partial charge in [0.25, 0.3) is 11.8 Å². The number of hydrogen-bond acceptors (Lipinski definition) is 4. The Bertz CT molecular complexity index is 940. The van der Waals surface area contributed by atoms with E-state index < -0.39 is 0 Å². The van der Waals surface area contributed by atoms with Crippen molar-refractivity contribution in [3.05, 3.63) is 75.4 Å². The summed E-state index contributed by atoms with van der Waals surface area (Å²) in [6, 6.07) is 15.7. The smallest absolute Gasteiger partial charge is 0.265 e. The monoisotopic (exact) mass is 400 g/mol. The lowest BCUT2D eigenvalue weighted by atomic mass is 10.2. The second kappa shape index (κ2) is 8.70. The third kappa shape index (κ3) is 5.32. The van der Waals surface area contributed by atoms with Gasteiger partial charge in [0, 0.05) is 16.4 Å². The minimum atomic E-state index is -0.280. The van der Waals surface area contributed by atoms with E-state index in [9.17, 15) is 9.59 Å². The average molecular weight is 401 g/mol. The molecule has 2 aromatic carbocycles. The van der Waals surface area contributed by atoms with Gasteiger partial charge in [-0.05, 0) is 66.4 Å². The Kier molecular flexibility index (Phi) is 6.11. The summed E-state index contributed by atoms with van der Waals surface area (Å²) in [5, 5.41) is 8.05. The summed E-state index contributed by atoms with van der Waals surface area (Å²) in [5.41, 5.74) is 2.15. The Morgan fingerprint density at radius 3 is 2.37 bits per heavy atom. The van der Waals surface area contributed by atoms with E-state index in [1.807, 2.05) is 18.4 Å². The van der Waals surface area contributed by atoms with Gasteiger partial charge in [0.05, 0.1) is 4.88 Å². The topological polar surface area (TPSA) is 67.4 Å². The fourth-order valence-corrected chi connectivity index (χ4v) is 3.03. The molecule has 0 aliphatic rings. The summed E-state index contributed by atoms with van der Waals surface area (Å²) in [4.78, 5) is 24.7. The van der Waals surface area contributed by atoms with Crippen molar-refractivity contribution < 1.29 is 14.3 Å². The number of anilines is 2. The first-order valence-corrected chi connectivity index (χ1v) is 9.41. The van der Waals surface area contributed by atoms with Crippen LogP contribution in [-0.2, 0) is 4.79 Å². The molecule has 1 heterocycles. The molecular weight excluding hydrogens is 384 g/mol. The summed E-state index contributed by atoms with van der Waals surface area (Å²) in [6.07, 6.45) is 0. The summed E-state index contributed by atoms with van der Waals surface area (Å²) in [6.45, 7) is 1.76. The van der Waals surface area contributed by atoms with Crippen LogP contribution in [0.2, 0.25) is 5.02 Å². The van der Waals surface area contributed by atoms with E-state index >= 15 is 0 Å². The molecule has 0 spiro atoms. The summed E-state index contributed by atoms with van der Waals surface area (Å²) < 4.78 is 5.47. The van der Waals surface area contributed by atoms with Crippen molar-refractivity contribution in [1.82, 2.24) is 0 Å². The van der Waals surface area contributed by atoms with Gasteiger partial charge in [-0.15, -0.1) is 11.3 Å². The second-order valence-electron chi connectivity index (χ2n) is 5.76. The van der Waals surface area contributed by atoms with Crippen LogP contribution in [-0.4, -0.2) is 18.4 Å². The molecule has 0 bridgehead atoms. The molecule has 0 aliphatic heterocycles. The van der Waals surface area contributed by atoms with Crippen LogP contribution in [0.3, 0.4) is 0 Å². The molecule has 0 unspecified atom stereocenters. The van der Waals surface area contributed by atoms with E-state index in [0.29, 0.717) is 27.0 Å². The number of carbonyl (C=O) groups excluding carboxylic acids is 2. The molecule has 5 nitrogen and oxygen atoms in total. The summed E-state index contributed by atoms with van der Waals surface area (Å²) in [7, 11) is 0. The summed E-state index contributed by atoms with van der Waals surface area (Å²) in [5.74, 6) is 0.144. The van der Waals surface area contributed by atoms with Crippen LogP contribution < -0.4 is 15.4 Å². The molecule has 0 radical (unpaired) electrons. The number of benzene rings is 2. The van der Waals surface area contributed by atoms with E-state index in [1.54, 1.807) is 48.5 Å². The van der Waals surface area contributed by atoms with E-state index in [2.05, 4.69) is 10.6 Å². The molecule has 1 aromatic heterocycles. The number of aryl methyl sites for hydroxylation is 1. The lowest BCUT2D eigenvalue weighted by molar-refractivity contribution is -0.118. The maximum atomic E-state index is 12.0. The van der Waals surface area contributed by atoms with Crippen LogP contribution in [0, 0.1) is 6.92 Å². The first kappa shape index (κ1) is 18.9. The third-order valence-corrected chi connectivity index (χ3v) is 4.96. The standard InChI is InChI=1S/C20H17ClN2O3S/c1-13-11-16(8-9-17(13)21)26-12-19(24)22-14-4-6-15(7-5-14)23-20(25)18-3-2-10-27-18/h2-11H,12H2,1H3,(H,22,24)(H,23,25). The highest BCUT2D eigenvalue weighted by Crippen LogP contribution is 2.21. The summed E-state index contributed by atoms with van der Waals surface area (Å²) >= 11 is 7.34. The normalized spacial score (nSPS) is 10.3. The van der Waals surface area contributed by atoms with E-state index in [1.165, 1.54) is 11.3 Å². The maximum absolute atomic E-state index is 12.0. The van der Waals surface area contributed by atoms with E-state index in [-0.39, 0.29) is 18.4 Å². The van der Waals surface area contributed by atoms with Crippen molar-refractivity contribution in [3.63, 3.8) is 0 Å². The van der Waals surface area contributed by atoms with Crippen LogP contribution in [0.1, 0.15) is 15.2 Å². The highest BCUT2D eigenvalue weighted by atomic mass is 35.5. The van der Waals surface area contributed by atoms with Gasteiger partial charge in [-0.3, -0.25) is 9.59 Å². The highest BCUT2D eigenvalue weighted by molar-refractivity contribution is 7.12. The van der Waals surface area contributed by atoms with Gasteiger partial charge in [-0.2, -0.15) is 0 Å². The number of halogens is 1. The molecule has 0 aliphatic carbocycles. The Hall–Kier alpha value is -2.83. The molecule has 3 aromatic rings. The number of hydrogen-bond donors (Lipinski definition) is 2. The zero-order valence-corrected chi connectivity index (χ0v) is 16.1. The molecular formula is C20H17ClN2O3S. The number of rotatable bonds is 6. The molecule has 27 heavy (non-hydrogen) atoms. The lowest BCUT2D eigenvalue weighted by Gasteiger charge is -2.09. The number of nitrogens with one attached hydrogen (secondary N) is 2. The van der Waals surface area contributed by atoms with Crippen LogP contribution >= 0.6 is 22.9 Å². The number of carbonyl (C=O) groups is 2. The zero-order valence-electron chi connectivity index (χ0n) is 14.5. The molecule has 138 valence electrons. The predicted molar refractivity (Wildman–Crippen MR) is 109 cm³/mol. The molecule has 0 saturated heterocycles. The van der Waals surface area contributed by atoms with Gasteiger partial charge in [-0.1, -0.05) is 17.7 Å². The molecule has 0 fully saturated rings. The largest absolute Gasteiger partial charge is 0.484 e. The van der Waals surface area contributed by atoms with Crippen molar-refractivity contribution in [2.75, 3.05) is 17.2 Å². The molecule has 3 rings (SSSR count). The van der Waals surface area contributed by atoms with E-state index in [4.69, 9.17) is 16.3 Å². The minimum Gasteiger partial charge on any atom is -0.484 e. The quantitative estimate of drug-likeness (QED) is 0.613. The first-order valence-electron chi connectivity index (χ1n) is 8.15. The minimum absolute atomic E-state index is 0.113. The van der Waals surface area contributed by atoms with Gasteiger partial charge in [0.1, 0.15) is 5.75 Å². The zero-order chi connectivity index (χ0) is 19.2. The van der Waals surface area contributed by atoms with Crippen LogP contribution in [0.5, 0.6) is 5.75 Å². The van der Waals surface area contributed by atoms with Gasteiger partial charge in [-0.25, -0.2) is 0 Å². The Morgan fingerprint density at radius 1 is 1.04 bits per heavy atom. The van der Waals surface area contributed by atoms with E-state index in [0.717, 1.165) is 5.56 Å². The maximum Gasteiger partial charge on any atom is 0.265 e. The van der Waals surface area contributed by atoms with Crippen LogP contribution in [0.25, 0.3) is 0 Å². The Labute approximate surface area is 165 Å². The first-order chi connectivity index (χ1) is 13.0. The molecule has 0 saturated carbocycles. The fraction of sp³-hybridized carbons (Fsp3) is 0.100. The van der Waals surface area contributed by atoms with Gasteiger partial charge in [0.2, 0.25) is 0 Å². The van der Waals surface area contributed by atoms with Crippen molar-refractivity contribution in [1.29, 1.82) is 0 Å². The molecule has 0 atom stereocenters. The van der Waals surface area contributed by atoms with Crippen molar-refractivity contribution in [2.24, 2.45) is 0 Å². The van der Waals surface area contributed by atoms with Crippen molar-refractivity contribution in [2.45, 2.75) is 6.92 Å². The van der Waals surface area contributed by atoms with Crippen molar-refractivity contribution >= 4 is 46.1 Å². The predicted octanol–water partition coefficient (Wildman–Crippen LogP) is 4.98. The SMILES string of the molecule is Cc1cc(OCC(=O)Nc2ccc(NC(=O)c3cccs3)cc2)ccc1Cl. The average Bonchev–Trinajstić information content (AvgIpc) is 3.19. The second-order valence-corrected chi connectivity index (χ2v) is 7.11. The van der Waals surface area contributed by atoms with Crippen molar-refractivity contribution in [3.8, 4) is 5.75 Å². The molecule has 7 heteroatoms. The lowest BCUT2D eigenvalue weighted by Crippen LogP contribution is -2.20. The van der Waals surface area contributed by atoms with Gasteiger partial charge >= 0.3 is 0 Å². The van der Waals surface area contributed by atoms with Gasteiger partial charge < -0.3 is 15.4 Å². The molecule has 2 N–H and O–H groups in total. The Balaban J connectivity index is 1.50. The third-order valence-electron chi connectivity index (χ3n) is 3.67.